The van der Waals surface area contributed by atoms with E-state index in [9.17, 15) is 4.79 Å². The molecule has 0 bridgehead atoms. The van der Waals surface area contributed by atoms with Crippen LogP contribution >= 0.6 is 11.8 Å². The fourth-order valence-electron chi connectivity index (χ4n) is 1.51. The number of nitrogens with zero attached hydrogens (tertiary/aromatic N) is 4. The Morgan fingerprint density at radius 2 is 2.28 bits per heavy atom. The van der Waals surface area contributed by atoms with E-state index in [0.717, 1.165) is 23.1 Å². The predicted octanol–water partition coefficient (Wildman–Crippen LogP) is 1.46. The summed E-state index contributed by atoms with van der Waals surface area (Å²) in [4.78, 5) is 18.8. The lowest BCUT2D eigenvalue weighted by atomic mass is 10.4. The molecule has 0 radical (unpaired) electrons. The minimum Gasteiger partial charge on any atom is -0.481 e. The fourth-order valence-corrected chi connectivity index (χ4v) is 2.05. The summed E-state index contributed by atoms with van der Waals surface area (Å²) in [5, 5.41) is 13.4. The van der Waals surface area contributed by atoms with Crippen molar-refractivity contribution in [2.24, 2.45) is 0 Å². The Hall–Kier alpha value is -1.89. The first-order chi connectivity index (χ1) is 8.56. The zero-order chi connectivity index (χ0) is 13.1. The number of hydrogen-bond acceptors (Lipinski definition) is 5. The lowest BCUT2D eigenvalue weighted by Crippen LogP contribution is -2.04. The van der Waals surface area contributed by atoms with Gasteiger partial charge in [-0.1, -0.05) is 11.8 Å². The van der Waals surface area contributed by atoms with Gasteiger partial charge in [0.1, 0.15) is 0 Å². The molecule has 1 N–H and O–H groups in total. The highest BCUT2D eigenvalue weighted by molar-refractivity contribution is 7.99. The van der Waals surface area contributed by atoms with Crippen LogP contribution in [-0.4, -0.2) is 36.6 Å². The molecule has 7 heteroatoms. The van der Waals surface area contributed by atoms with E-state index < -0.39 is 5.97 Å². The largest absolute Gasteiger partial charge is 0.481 e. The lowest BCUT2D eigenvalue weighted by molar-refractivity contribution is -0.133. The molecule has 0 unspecified atom stereocenters. The second-order valence-corrected chi connectivity index (χ2v) is 4.66. The summed E-state index contributed by atoms with van der Waals surface area (Å²) in [6, 6.07) is 3.69. The summed E-state index contributed by atoms with van der Waals surface area (Å²) in [5.41, 5.74) is 1.88. The molecule has 0 spiro atoms. The molecule has 2 aromatic rings. The van der Waals surface area contributed by atoms with Gasteiger partial charge in [-0.15, -0.1) is 0 Å². The van der Waals surface area contributed by atoms with Crippen LogP contribution in [0.4, 0.5) is 0 Å². The summed E-state index contributed by atoms with van der Waals surface area (Å²) in [5.74, 6) is -0.302. The van der Waals surface area contributed by atoms with Gasteiger partial charge in [-0.25, -0.2) is 14.6 Å². The second kappa shape index (κ2) is 5.18. The van der Waals surface area contributed by atoms with E-state index in [1.54, 1.807) is 16.9 Å². The summed E-state index contributed by atoms with van der Waals surface area (Å²) >= 11 is 1.09. The van der Waals surface area contributed by atoms with Gasteiger partial charge in [0.05, 0.1) is 11.4 Å². The van der Waals surface area contributed by atoms with Gasteiger partial charge in [0.25, 0.3) is 0 Å². The summed E-state index contributed by atoms with van der Waals surface area (Å²) in [7, 11) is 0. The average Bonchev–Trinajstić information content (AvgIpc) is 2.66. The van der Waals surface area contributed by atoms with Gasteiger partial charge >= 0.3 is 5.97 Å². The summed E-state index contributed by atoms with van der Waals surface area (Å²) in [6.45, 7) is 3.84. The number of carbonyl (C=O) groups is 1. The quantitative estimate of drug-likeness (QED) is 0.665. The van der Waals surface area contributed by atoms with Gasteiger partial charge in [-0.3, -0.25) is 4.79 Å². The van der Waals surface area contributed by atoms with Gasteiger partial charge in [0.15, 0.2) is 11.0 Å². The number of thioether (sulfide) groups is 1. The van der Waals surface area contributed by atoms with Crippen molar-refractivity contribution in [2.45, 2.75) is 19.0 Å². The van der Waals surface area contributed by atoms with Crippen molar-refractivity contribution in [2.75, 3.05) is 5.75 Å². The molecule has 2 aromatic heterocycles. The van der Waals surface area contributed by atoms with Crippen LogP contribution in [-0.2, 0) is 4.79 Å². The van der Waals surface area contributed by atoms with Crippen molar-refractivity contribution in [3.05, 3.63) is 29.7 Å². The molecule has 94 valence electrons. The molecule has 0 atom stereocenters. The maximum Gasteiger partial charge on any atom is 0.313 e. The van der Waals surface area contributed by atoms with Crippen LogP contribution in [0.15, 0.2) is 23.5 Å². The molecule has 2 heterocycles. The van der Waals surface area contributed by atoms with Crippen LogP contribution in [0.3, 0.4) is 0 Å². The Morgan fingerprint density at radius 1 is 1.50 bits per heavy atom. The van der Waals surface area contributed by atoms with Gasteiger partial charge in [0, 0.05) is 18.0 Å². The lowest BCUT2D eigenvalue weighted by Gasteiger charge is -2.04. The molecule has 0 aliphatic rings. The van der Waals surface area contributed by atoms with Crippen LogP contribution in [0.2, 0.25) is 0 Å². The first-order valence-electron chi connectivity index (χ1n) is 5.27. The molecule has 0 fully saturated rings. The van der Waals surface area contributed by atoms with Crippen molar-refractivity contribution < 1.29 is 9.90 Å². The Bertz CT molecular complexity index is 582. The average molecular weight is 264 g/mol. The van der Waals surface area contributed by atoms with Crippen LogP contribution in [0.25, 0.3) is 5.82 Å². The van der Waals surface area contributed by atoms with Gasteiger partial charge in [-0.2, -0.15) is 5.10 Å². The third-order valence-corrected chi connectivity index (χ3v) is 3.02. The maximum atomic E-state index is 10.5. The van der Waals surface area contributed by atoms with Crippen LogP contribution in [0.5, 0.6) is 0 Å². The monoisotopic (exact) mass is 264 g/mol. The zero-order valence-corrected chi connectivity index (χ0v) is 10.8. The standard InChI is InChI=1S/C11H12N4O2S/c1-7-5-8(2)15(14-7)9-3-4-12-11(13-9)18-6-10(16)17/h3-5H,6H2,1-2H3,(H,16,17). The van der Waals surface area contributed by atoms with Gasteiger partial charge < -0.3 is 5.11 Å². The van der Waals surface area contributed by atoms with E-state index in [0.29, 0.717) is 11.0 Å². The van der Waals surface area contributed by atoms with Crippen molar-refractivity contribution in [3.8, 4) is 5.82 Å². The Balaban J connectivity index is 2.27. The van der Waals surface area contributed by atoms with E-state index in [4.69, 9.17) is 5.11 Å². The molecular weight excluding hydrogens is 252 g/mol. The fraction of sp³-hybridized carbons (Fsp3) is 0.273. The molecule has 0 saturated carbocycles. The molecule has 0 saturated heterocycles. The topological polar surface area (TPSA) is 80.9 Å². The normalized spacial score (nSPS) is 10.6. The highest BCUT2D eigenvalue weighted by Crippen LogP contribution is 2.15. The number of carboxylic acids is 1. The van der Waals surface area contributed by atoms with Gasteiger partial charge in [-0.05, 0) is 19.9 Å². The Labute approximate surface area is 108 Å². The zero-order valence-electron chi connectivity index (χ0n) is 9.99. The van der Waals surface area contributed by atoms with Crippen LogP contribution in [0, 0.1) is 13.8 Å². The predicted molar refractivity (Wildman–Crippen MR) is 67.0 cm³/mol. The number of rotatable bonds is 4. The Morgan fingerprint density at radius 3 is 2.89 bits per heavy atom. The number of aryl methyl sites for hydroxylation is 2. The summed E-state index contributed by atoms with van der Waals surface area (Å²) in [6.07, 6.45) is 1.60. The Kier molecular flexibility index (Phi) is 3.61. The van der Waals surface area contributed by atoms with Crippen LogP contribution in [0.1, 0.15) is 11.4 Å². The first kappa shape index (κ1) is 12.6. The number of aromatic nitrogens is 4. The third-order valence-electron chi connectivity index (χ3n) is 2.17. The highest BCUT2D eigenvalue weighted by atomic mass is 32.2. The third kappa shape index (κ3) is 2.86. The van der Waals surface area contributed by atoms with E-state index in [1.807, 2.05) is 19.9 Å². The van der Waals surface area contributed by atoms with E-state index >= 15 is 0 Å². The SMILES string of the molecule is Cc1cc(C)n(-c2ccnc(SCC(=O)O)n2)n1. The molecule has 6 nitrogen and oxygen atoms in total. The second-order valence-electron chi connectivity index (χ2n) is 3.72. The highest BCUT2D eigenvalue weighted by Gasteiger charge is 2.08. The van der Waals surface area contributed by atoms with Crippen molar-refractivity contribution >= 4 is 17.7 Å². The van der Waals surface area contributed by atoms with Crippen molar-refractivity contribution in [3.63, 3.8) is 0 Å². The molecule has 0 aromatic carbocycles. The van der Waals surface area contributed by atoms with Crippen molar-refractivity contribution in [1.29, 1.82) is 0 Å². The molecule has 0 aliphatic heterocycles. The first-order valence-corrected chi connectivity index (χ1v) is 6.26. The number of aliphatic carboxylic acids is 1. The smallest absolute Gasteiger partial charge is 0.313 e. The van der Waals surface area contributed by atoms with Crippen LogP contribution < -0.4 is 0 Å². The molecular formula is C11H12N4O2S. The maximum absolute atomic E-state index is 10.5. The van der Waals surface area contributed by atoms with E-state index in [-0.39, 0.29) is 5.75 Å². The van der Waals surface area contributed by atoms with Crippen molar-refractivity contribution in [1.82, 2.24) is 19.7 Å². The molecule has 2 rings (SSSR count). The molecule has 0 aliphatic carbocycles. The minimum atomic E-state index is -0.889. The minimum absolute atomic E-state index is 0.0550. The van der Waals surface area contributed by atoms with E-state index in [1.165, 1.54) is 0 Å². The number of carboxylic acid groups (broad SMARTS) is 1. The number of hydrogen-bond donors (Lipinski definition) is 1. The van der Waals surface area contributed by atoms with E-state index in [2.05, 4.69) is 15.1 Å². The summed E-state index contributed by atoms with van der Waals surface area (Å²) < 4.78 is 1.71. The molecule has 0 amide bonds. The molecule has 18 heavy (non-hydrogen) atoms. The van der Waals surface area contributed by atoms with Gasteiger partial charge in [0.2, 0.25) is 0 Å².